The predicted octanol–water partition coefficient (Wildman–Crippen LogP) is 4.84. The Balaban J connectivity index is 2.07. The molecule has 0 amide bonds. The quantitative estimate of drug-likeness (QED) is 0.556. The van der Waals surface area contributed by atoms with Gasteiger partial charge < -0.3 is 19.0 Å². The van der Waals surface area contributed by atoms with Crippen molar-refractivity contribution in [1.82, 2.24) is 4.57 Å². The minimum Gasteiger partial charge on any atom is -0.464 e. The number of halogens is 3. The van der Waals surface area contributed by atoms with Gasteiger partial charge in [0, 0.05) is 22.7 Å². The molecule has 3 rings (SSSR count). The molecule has 3 aromatic rings. The number of benzene rings is 1. The smallest absolute Gasteiger partial charge is 0.419 e. The van der Waals surface area contributed by atoms with Crippen LogP contribution >= 0.6 is 0 Å². The fraction of sp³-hybridized carbons (Fsp3) is 0.364. The number of esters is 1. The molecule has 10 heteroatoms. The summed E-state index contributed by atoms with van der Waals surface area (Å²) < 4.78 is 59.0. The molecular formula is C22H22F3NO6. The topological polar surface area (TPSA) is 90.9 Å². The number of hydrogen-bond acceptors (Lipinski definition) is 6. The van der Waals surface area contributed by atoms with E-state index < -0.39 is 41.3 Å². The van der Waals surface area contributed by atoms with Gasteiger partial charge in [-0.1, -0.05) is 12.1 Å². The number of aliphatic hydroxyl groups is 1. The molecule has 0 aliphatic carbocycles. The average Bonchev–Trinajstić information content (AvgIpc) is 3.32. The lowest BCUT2D eigenvalue weighted by Gasteiger charge is -2.19. The maximum absolute atomic E-state index is 14.7. The highest BCUT2D eigenvalue weighted by Gasteiger charge is 2.48. The van der Waals surface area contributed by atoms with E-state index in [1.54, 1.807) is 20.8 Å². The van der Waals surface area contributed by atoms with Crippen LogP contribution in [0.4, 0.5) is 18.0 Å². The van der Waals surface area contributed by atoms with Crippen LogP contribution in [0, 0.1) is 5.82 Å². The highest BCUT2D eigenvalue weighted by atomic mass is 19.2. The van der Waals surface area contributed by atoms with Gasteiger partial charge in [0.1, 0.15) is 11.4 Å². The van der Waals surface area contributed by atoms with Crippen molar-refractivity contribution in [2.24, 2.45) is 0 Å². The van der Waals surface area contributed by atoms with Crippen molar-refractivity contribution in [3.63, 3.8) is 0 Å². The van der Waals surface area contributed by atoms with E-state index in [0.717, 1.165) is 23.0 Å². The van der Waals surface area contributed by atoms with Crippen molar-refractivity contribution in [2.45, 2.75) is 45.3 Å². The van der Waals surface area contributed by atoms with Gasteiger partial charge in [-0.3, -0.25) is 0 Å². The van der Waals surface area contributed by atoms with Crippen LogP contribution in [0.3, 0.4) is 0 Å². The number of carbonyl (C=O) groups is 2. The fourth-order valence-corrected chi connectivity index (χ4v) is 3.08. The Labute approximate surface area is 181 Å². The second-order valence-corrected chi connectivity index (χ2v) is 8.02. The zero-order valence-corrected chi connectivity index (χ0v) is 17.8. The molecule has 0 saturated heterocycles. The Hall–Kier alpha value is -3.27. The van der Waals surface area contributed by atoms with Crippen LogP contribution in [0.25, 0.3) is 22.0 Å². The minimum atomic E-state index is -3.81. The number of hydrogen-bond donors (Lipinski definition) is 1. The van der Waals surface area contributed by atoms with Gasteiger partial charge >= 0.3 is 17.9 Å². The molecule has 2 unspecified atom stereocenters. The van der Waals surface area contributed by atoms with Crippen LogP contribution in [0.2, 0.25) is 0 Å². The summed E-state index contributed by atoms with van der Waals surface area (Å²) in [4.78, 5) is 24.1. The van der Waals surface area contributed by atoms with Crippen LogP contribution in [-0.4, -0.2) is 40.1 Å². The first-order valence-electron chi connectivity index (χ1n) is 9.71. The van der Waals surface area contributed by atoms with E-state index in [0.29, 0.717) is 0 Å². The van der Waals surface area contributed by atoms with Crippen molar-refractivity contribution < 1.29 is 41.8 Å². The molecule has 1 N–H and O–H groups in total. The van der Waals surface area contributed by atoms with Crippen LogP contribution in [0.15, 0.2) is 41.1 Å². The third-order valence-corrected chi connectivity index (χ3v) is 4.45. The van der Waals surface area contributed by atoms with Gasteiger partial charge in [-0.25, -0.2) is 22.9 Å². The summed E-state index contributed by atoms with van der Waals surface area (Å²) in [5, 5.41) is 10.2. The van der Waals surface area contributed by atoms with E-state index in [1.165, 1.54) is 25.3 Å². The predicted molar refractivity (Wildman–Crippen MR) is 108 cm³/mol. The van der Waals surface area contributed by atoms with Crippen molar-refractivity contribution in [2.75, 3.05) is 6.61 Å². The second-order valence-electron chi connectivity index (χ2n) is 8.02. The van der Waals surface area contributed by atoms with Gasteiger partial charge in [-0.15, -0.1) is 0 Å². The number of nitrogens with zero attached hydrogens (tertiary/aromatic N) is 1. The Morgan fingerprint density at radius 3 is 2.59 bits per heavy atom. The number of para-hydroxylation sites is 1. The van der Waals surface area contributed by atoms with Crippen LogP contribution in [-0.2, 0) is 20.1 Å². The molecule has 0 spiro atoms. The highest BCUT2D eigenvalue weighted by Crippen LogP contribution is 2.38. The number of rotatable bonds is 5. The van der Waals surface area contributed by atoms with Crippen molar-refractivity contribution in [3.05, 3.63) is 48.3 Å². The first-order chi connectivity index (χ1) is 14.9. The largest absolute Gasteiger partial charge is 0.464 e. The van der Waals surface area contributed by atoms with Crippen molar-refractivity contribution in [3.8, 4) is 11.1 Å². The molecule has 7 nitrogen and oxygen atoms in total. The minimum absolute atomic E-state index is 0.0927. The van der Waals surface area contributed by atoms with E-state index in [4.69, 9.17) is 9.15 Å². The molecule has 0 bridgehead atoms. The molecule has 1 aromatic carbocycles. The van der Waals surface area contributed by atoms with E-state index in [1.807, 2.05) is 0 Å². The summed E-state index contributed by atoms with van der Waals surface area (Å²) >= 11 is 0. The summed E-state index contributed by atoms with van der Waals surface area (Å²) in [5.41, 5.74) is -0.617. The second kappa shape index (κ2) is 8.34. The Kier molecular flexibility index (Phi) is 6.10. The summed E-state index contributed by atoms with van der Waals surface area (Å²) in [6, 6.07) is 5.02. The van der Waals surface area contributed by atoms with E-state index >= 15 is 0 Å². The first kappa shape index (κ1) is 23.4. The number of furan rings is 1. The summed E-state index contributed by atoms with van der Waals surface area (Å²) in [6.07, 6.45) is -1.67. The average molecular weight is 453 g/mol. The molecule has 0 radical (unpaired) electrons. The molecule has 172 valence electrons. The fourth-order valence-electron chi connectivity index (χ4n) is 3.08. The van der Waals surface area contributed by atoms with Crippen molar-refractivity contribution >= 4 is 23.0 Å². The molecular weight excluding hydrogens is 431 g/mol. The van der Waals surface area contributed by atoms with Gasteiger partial charge in [-0.05, 0) is 39.8 Å². The number of carbonyl (C=O) groups excluding carboxylic acids is 2. The summed E-state index contributed by atoms with van der Waals surface area (Å²) in [5.74, 6) is -7.02. The van der Waals surface area contributed by atoms with Gasteiger partial charge in [0.2, 0.25) is 0 Å². The third-order valence-electron chi connectivity index (χ3n) is 4.45. The molecule has 0 aliphatic rings. The van der Waals surface area contributed by atoms with Crippen LogP contribution in [0.1, 0.15) is 33.5 Å². The SMILES string of the molecule is CCOC(=O)C(F)C(O)(F)c1cc(-c2cn(C(=O)OC(C)(C)C)c3c(F)cccc23)co1. The zero-order chi connectivity index (χ0) is 23.8. The van der Waals surface area contributed by atoms with Gasteiger partial charge in [-0.2, -0.15) is 4.39 Å². The standard InChI is InChI=1S/C22H22F3NO6/c1-5-30-19(27)18(24)22(25,29)16-9-12(11-31-16)14-10-26(20(28)32-21(2,3)4)17-13(14)7-6-8-15(17)23/h6-11,18,29H,5H2,1-4H3. The van der Waals surface area contributed by atoms with E-state index in [9.17, 15) is 27.9 Å². The number of alkyl halides is 2. The lowest BCUT2D eigenvalue weighted by Crippen LogP contribution is -2.38. The molecule has 2 heterocycles. The molecule has 0 fully saturated rings. The van der Waals surface area contributed by atoms with Gasteiger partial charge in [0.25, 0.3) is 6.17 Å². The molecule has 0 saturated carbocycles. The monoisotopic (exact) mass is 453 g/mol. The number of ether oxygens (including phenoxy) is 2. The normalized spacial score (nSPS) is 14.8. The Morgan fingerprint density at radius 2 is 1.97 bits per heavy atom. The Bertz CT molecular complexity index is 1160. The highest BCUT2D eigenvalue weighted by molar-refractivity contribution is 6.00. The zero-order valence-electron chi connectivity index (χ0n) is 17.8. The molecule has 2 aromatic heterocycles. The lowest BCUT2D eigenvalue weighted by atomic mass is 10.1. The van der Waals surface area contributed by atoms with Gasteiger partial charge in [0.05, 0.1) is 18.4 Å². The Morgan fingerprint density at radius 1 is 1.28 bits per heavy atom. The van der Waals surface area contributed by atoms with E-state index in [-0.39, 0.29) is 28.6 Å². The van der Waals surface area contributed by atoms with Crippen molar-refractivity contribution in [1.29, 1.82) is 0 Å². The molecule has 2 atom stereocenters. The van der Waals surface area contributed by atoms with E-state index in [2.05, 4.69) is 4.74 Å². The molecule has 32 heavy (non-hydrogen) atoms. The molecule has 0 aliphatic heterocycles. The lowest BCUT2D eigenvalue weighted by molar-refractivity contribution is -0.192. The maximum Gasteiger partial charge on any atom is 0.419 e. The van der Waals surface area contributed by atoms with Crippen LogP contribution in [0.5, 0.6) is 0 Å². The first-order valence-corrected chi connectivity index (χ1v) is 9.71. The third kappa shape index (κ3) is 4.36. The summed E-state index contributed by atoms with van der Waals surface area (Å²) in [7, 11) is 0. The van der Waals surface area contributed by atoms with Gasteiger partial charge in [0.15, 0.2) is 5.76 Å². The summed E-state index contributed by atoms with van der Waals surface area (Å²) in [6.45, 7) is 6.13. The van der Waals surface area contributed by atoms with Crippen LogP contribution < -0.4 is 0 Å². The maximum atomic E-state index is 14.7. The number of fused-ring (bicyclic) bond motifs is 1. The number of aromatic nitrogens is 1.